The van der Waals surface area contributed by atoms with Gasteiger partial charge in [0.25, 0.3) is 0 Å². The topological polar surface area (TPSA) is 79.7 Å². The van der Waals surface area contributed by atoms with Crippen molar-refractivity contribution in [3.05, 3.63) is 11.3 Å². The monoisotopic (exact) mass is 221 g/mol. The number of hydrogen-bond donors (Lipinski definition) is 3. The summed E-state index contributed by atoms with van der Waals surface area (Å²) in [6.07, 6.45) is 3.16. The van der Waals surface area contributed by atoms with Crippen LogP contribution in [0.25, 0.3) is 0 Å². The van der Waals surface area contributed by atoms with Crippen molar-refractivity contribution < 1.29 is 0 Å². The molecule has 0 bridgehead atoms. The summed E-state index contributed by atoms with van der Waals surface area (Å²) in [6, 6.07) is 0. The molecule has 5 nitrogen and oxygen atoms in total. The number of nitrogens with one attached hydrogen (secondary N) is 2. The zero-order valence-electron chi connectivity index (χ0n) is 9.88. The molecule has 1 aromatic heterocycles. The average Bonchev–Trinajstić information content (AvgIpc) is 2.82. The van der Waals surface area contributed by atoms with Crippen LogP contribution in [0.15, 0.2) is 0 Å². The van der Waals surface area contributed by atoms with Gasteiger partial charge >= 0.3 is 0 Å². The highest BCUT2D eigenvalue weighted by Gasteiger charge is 2.26. The molecule has 1 aliphatic rings. The van der Waals surface area contributed by atoms with Crippen molar-refractivity contribution in [1.82, 2.24) is 9.78 Å². The minimum absolute atomic E-state index is 0.0112. The quantitative estimate of drug-likeness (QED) is 0.534. The molecule has 16 heavy (non-hydrogen) atoms. The molecule has 0 atom stereocenters. The summed E-state index contributed by atoms with van der Waals surface area (Å²) in [6.45, 7) is 5.28. The maximum atomic E-state index is 7.51. The third-order valence-electron chi connectivity index (χ3n) is 3.28. The predicted octanol–water partition coefficient (Wildman–Crippen LogP) is 1.50. The van der Waals surface area contributed by atoms with E-state index in [1.165, 1.54) is 10.2 Å². The summed E-state index contributed by atoms with van der Waals surface area (Å²) in [7, 11) is 0. The normalized spacial score (nSPS) is 13.9. The van der Waals surface area contributed by atoms with Crippen molar-refractivity contribution in [3.63, 3.8) is 0 Å². The van der Waals surface area contributed by atoms with Crippen LogP contribution in [-0.2, 0) is 6.42 Å². The standard InChI is InChI=1S/C11H19N5/c1-3-7(4-2)9-8-5-6-14-10(8)16(15-9)11(12)13/h7,14H,3-6H2,1-2H3,(H3,12,13). The highest BCUT2D eigenvalue weighted by molar-refractivity contribution is 5.81. The van der Waals surface area contributed by atoms with Gasteiger partial charge in [-0.3, -0.25) is 5.41 Å². The molecule has 88 valence electrons. The first kappa shape index (κ1) is 11.0. The number of fused-ring (bicyclic) bond motifs is 1. The van der Waals surface area contributed by atoms with E-state index in [9.17, 15) is 0 Å². The van der Waals surface area contributed by atoms with Crippen LogP contribution >= 0.6 is 0 Å². The molecular formula is C11H19N5. The Labute approximate surface area is 95.5 Å². The molecular weight excluding hydrogens is 202 g/mol. The fourth-order valence-corrected chi connectivity index (χ4v) is 2.38. The van der Waals surface area contributed by atoms with Crippen LogP contribution in [0.1, 0.15) is 43.9 Å². The Hall–Kier alpha value is -1.52. The van der Waals surface area contributed by atoms with Gasteiger partial charge in [0.15, 0.2) is 0 Å². The second-order valence-electron chi connectivity index (χ2n) is 4.20. The van der Waals surface area contributed by atoms with E-state index < -0.39 is 0 Å². The van der Waals surface area contributed by atoms with Crippen LogP contribution in [0.2, 0.25) is 0 Å². The molecule has 0 radical (unpaired) electrons. The molecule has 2 rings (SSSR count). The maximum Gasteiger partial charge on any atom is 0.215 e. The molecule has 5 heteroatoms. The lowest BCUT2D eigenvalue weighted by molar-refractivity contribution is 0.609. The van der Waals surface area contributed by atoms with Gasteiger partial charge in [-0.1, -0.05) is 13.8 Å². The molecule has 0 aromatic carbocycles. The van der Waals surface area contributed by atoms with E-state index in [1.54, 1.807) is 0 Å². The lowest BCUT2D eigenvalue weighted by Gasteiger charge is -2.10. The second-order valence-corrected chi connectivity index (χ2v) is 4.20. The lowest BCUT2D eigenvalue weighted by atomic mass is 9.96. The van der Waals surface area contributed by atoms with Crippen LogP contribution in [0.4, 0.5) is 5.82 Å². The van der Waals surface area contributed by atoms with Gasteiger partial charge in [-0.15, -0.1) is 0 Å². The summed E-state index contributed by atoms with van der Waals surface area (Å²) in [5.41, 5.74) is 7.91. The maximum absolute atomic E-state index is 7.51. The Kier molecular flexibility index (Phi) is 2.85. The number of nitrogens with two attached hydrogens (primary N) is 1. The van der Waals surface area contributed by atoms with Gasteiger partial charge in [0, 0.05) is 18.0 Å². The molecule has 0 fully saturated rings. The van der Waals surface area contributed by atoms with Crippen LogP contribution in [0.3, 0.4) is 0 Å². The molecule has 1 aromatic rings. The highest BCUT2D eigenvalue weighted by Crippen LogP contribution is 2.32. The first-order valence-corrected chi connectivity index (χ1v) is 5.89. The highest BCUT2D eigenvalue weighted by atomic mass is 15.4. The largest absolute Gasteiger partial charge is 0.369 e. The van der Waals surface area contributed by atoms with Crippen molar-refractivity contribution in [2.24, 2.45) is 5.73 Å². The Morgan fingerprint density at radius 1 is 1.56 bits per heavy atom. The molecule has 0 spiro atoms. The number of rotatable bonds is 3. The van der Waals surface area contributed by atoms with Crippen LogP contribution in [-0.4, -0.2) is 22.3 Å². The van der Waals surface area contributed by atoms with Crippen molar-refractivity contribution in [1.29, 1.82) is 5.41 Å². The summed E-state index contributed by atoms with van der Waals surface area (Å²) < 4.78 is 1.52. The smallest absolute Gasteiger partial charge is 0.215 e. The van der Waals surface area contributed by atoms with Gasteiger partial charge in [-0.25, -0.2) is 0 Å². The third-order valence-corrected chi connectivity index (χ3v) is 3.28. The minimum atomic E-state index is -0.0112. The van der Waals surface area contributed by atoms with E-state index in [-0.39, 0.29) is 5.96 Å². The molecule has 0 unspecified atom stereocenters. The first-order chi connectivity index (χ1) is 7.69. The molecule has 0 saturated carbocycles. The zero-order valence-corrected chi connectivity index (χ0v) is 9.88. The van der Waals surface area contributed by atoms with Crippen LogP contribution in [0, 0.1) is 5.41 Å². The number of aromatic nitrogens is 2. The Morgan fingerprint density at radius 2 is 2.25 bits per heavy atom. The number of hydrogen-bond acceptors (Lipinski definition) is 3. The van der Waals surface area contributed by atoms with E-state index in [0.717, 1.165) is 37.3 Å². The van der Waals surface area contributed by atoms with Crippen LogP contribution in [0.5, 0.6) is 0 Å². The first-order valence-electron chi connectivity index (χ1n) is 5.89. The van der Waals surface area contributed by atoms with Gasteiger partial charge < -0.3 is 11.1 Å². The zero-order chi connectivity index (χ0) is 11.7. The third kappa shape index (κ3) is 1.56. The van der Waals surface area contributed by atoms with Crippen molar-refractivity contribution in [2.45, 2.75) is 39.0 Å². The fraction of sp³-hybridized carbons (Fsp3) is 0.636. The average molecular weight is 221 g/mol. The Morgan fingerprint density at radius 3 is 2.81 bits per heavy atom. The van der Waals surface area contributed by atoms with E-state index in [4.69, 9.17) is 11.1 Å². The molecule has 2 heterocycles. The Balaban J connectivity index is 2.47. The molecule has 4 N–H and O–H groups in total. The Bertz CT molecular complexity index is 403. The van der Waals surface area contributed by atoms with Gasteiger partial charge in [-0.2, -0.15) is 9.78 Å². The summed E-state index contributed by atoms with van der Waals surface area (Å²) in [4.78, 5) is 0. The van der Waals surface area contributed by atoms with Gasteiger partial charge in [-0.05, 0) is 19.3 Å². The summed E-state index contributed by atoms with van der Waals surface area (Å²) in [5, 5.41) is 15.2. The van der Waals surface area contributed by atoms with Crippen molar-refractivity contribution >= 4 is 11.8 Å². The fourth-order valence-electron chi connectivity index (χ4n) is 2.38. The summed E-state index contributed by atoms with van der Waals surface area (Å²) in [5.74, 6) is 1.39. The van der Waals surface area contributed by atoms with Gasteiger partial charge in [0.05, 0.1) is 5.69 Å². The van der Waals surface area contributed by atoms with Gasteiger partial charge in [0.1, 0.15) is 5.82 Å². The molecule has 0 saturated heterocycles. The number of nitrogens with zero attached hydrogens (tertiary/aromatic N) is 2. The number of nitrogen functional groups attached to an aromatic ring is 1. The SMILES string of the molecule is CCC(CC)c1nn(C(=N)N)c2c1CCN2. The lowest BCUT2D eigenvalue weighted by Crippen LogP contribution is -2.23. The summed E-state index contributed by atoms with van der Waals surface area (Å²) >= 11 is 0. The predicted molar refractivity (Wildman–Crippen MR) is 65.1 cm³/mol. The van der Waals surface area contributed by atoms with Crippen LogP contribution < -0.4 is 11.1 Å². The van der Waals surface area contributed by atoms with E-state index >= 15 is 0 Å². The molecule has 0 amide bonds. The van der Waals surface area contributed by atoms with Crippen molar-refractivity contribution in [2.75, 3.05) is 11.9 Å². The minimum Gasteiger partial charge on any atom is -0.369 e. The number of anilines is 1. The second kappa shape index (κ2) is 4.15. The van der Waals surface area contributed by atoms with E-state index in [0.29, 0.717) is 5.92 Å². The molecule has 1 aliphatic heterocycles. The molecule has 0 aliphatic carbocycles. The van der Waals surface area contributed by atoms with E-state index in [2.05, 4.69) is 24.3 Å². The van der Waals surface area contributed by atoms with Gasteiger partial charge in [0.2, 0.25) is 5.96 Å². The van der Waals surface area contributed by atoms with Crippen molar-refractivity contribution in [3.8, 4) is 0 Å². The van der Waals surface area contributed by atoms with E-state index in [1.807, 2.05) is 0 Å².